The Hall–Kier alpha value is -1.10. The van der Waals surface area contributed by atoms with Crippen LogP contribution in [0.1, 0.15) is 26.7 Å². The van der Waals surface area contributed by atoms with Gasteiger partial charge in [0.15, 0.2) is 0 Å². The first-order valence-corrected chi connectivity index (χ1v) is 5.67. The summed E-state index contributed by atoms with van der Waals surface area (Å²) in [5.41, 5.74) is 0. The highest BCUT2D eigenvalue weighted by Gasteiger charge is 2.32. The van der Waals surface area contributed by atoms with Crippen molar-refractivity contribution in [2.24, 2.45) is 0 Å². The standard InChI is InChI=1S/C11H20N2O3/c1-4-13(9-5-6-9)7-10(11(15)16-3)12-8(2)14/h9-10H,4-7H2,1-3H3,(H,12,14). The molecule has 5 nitrogen and oxygen atoms in total. The number of hydrogen-bond donors (Lipinski definition) is 1. The normalized spacial score (nSPS) is 17.0. The van der Waals surface area contributed by atoms with Gasteiger partial charge in [0.05, 0.1) is 7.11 Å². The van der Waals surface area contributed by atoms with Crippen LogP contribution >= 0.6 is 0 Å². The van der Waals surface area contributed by atoms with E-state index in [1.807, 2.05) is 0 Å². The van der Waals surface area contributed by atoms with Crippen LogP contribution in [0.4, 0.5) is 0 Å². The highest BCUT2D eigenvalue weighted by molar-refractivity contribution is 5.83. The Morgan fingerprint density at radius 2 is 2.12 bits per heavy atom. The van der Waals surface area contributed by atoms with Gasteiger partial charge < -0.3 is 10.1 Å². The minimum absolute atomic E-state index is 0.206. The maximum absolute atomic E-state index is 11.5. The van der Waals surface area contributed by atoms with Gasteiger partial charge >= 0.3 is 5.97 Å². The van der Waals surface area contributed by atoms with E-state index in [4.69, 9.17) is 0 Å². The maximum Gasteiger partial charge on any atom is 0.329 e. The summed E-state index contributed by atoms with van der Waals surface area (Å²) in [7, 11) is 1.34. The Labute approximate surface area is 96.1 Å². The molecule has 0 aromatic heterocycles. The van der Waals surface area contributed by atoms with Crippen LogP contribution in [0.2, 0.25) is 0 Å². The van der Waals surface area contributed by atoms with Crippen molar-refractivity contribution in [2.75, 3.05) is 20.2 Å². The zero-order chi connectivity index (χ0) is 12.1. The largest absolute Gasteiger partial charge is 0.467 e. The predicted molar refractivity (Wildman–Crippen MR) is 59.9 cm³/mol. The molecule has 0 radical (unpaired) electrons. The third kappa shape index (κ3) is 3.81. The smallest absolute Gasteiger partial charge is 0.329 e. The zero-order valence-electron chi connectivity index (χ0n) is 10.2. The van der Waals surface area contributed by atoms with Gasteiger partial charge in [0.25, 0.3) is 0 Å². The van der Waals surface area contributed by atoms with Crippen LogP contribution in [-0.2, 0) is 14.3 Å². The lowest BCUT2D eigenvalue weighted by atomic mass is 10.2. The molecule has 5 heteroatoms. The second-order valence-electron chi connectivity index (χ2n) is 4.10. The number of methoxy groups -OCH3 is 1. The molecule has 1 atom stereocenters. The number of esters is 1. The van der Waals surface area contributed by atoms with Crippen LogP contribution in [-0.4, -0.2) is 49.1 Å². The van der Waals surface area contributed by atoms with Gasteiger partial charge in [-0.1, -0.05) is 6.92 Å². The van der Waals surface area contributed by atoms with Gasteiger partial charge in [-0.3, -0.25) is 9.69 Å². The topological polar surface area (TPSA) is 58.6 Å². The number of hydrogen-bond acceptors (Lipinski definition) is 4. The van der Waals surface area contributed by atoms with Crippen molar-refractivity contribution in [3.05, 3.63) is 0 Å². The predicted octanol–water partition coefficient (Wildman–Crippen LogP) is 0.148. The van der Waals surface area contributed by atoms with Crippen molar-refractivity contribution in [2.45, 2.75) is 38.8 Å². The molecule has 0 saturated heterocycles. The van der Waals surface area contributed by atoms with Crippen LogP contribution in [0.5, 0.6) is 0 Å². The molecule has 0 aromatic rings. The Morgan fingerprint density at radius 3 is 2.50 bits per heavy atom. The first kappa shape index (κ1) is 13.0. The number of amides is 1. The molecule has 1 fully saturated rings. The lowest BCUT2D eigenvalue weighted by molar-refractivity contribution is -0.145. The Balaban J connectivity index is 2.53. The number of nitrogens with zero attached hydrogens (tertiary/aromatic N) is 1. The summed E-state index contributed by atoms with van der Waals surface area (Å²) in [6, 6.07) is 0.0222. The van der Waals surface area contributed by atoms with E-state index in [0.29, 0.717) is 12.6 Å². The van der Waals surface area contributed by atoms with Gasteiger partial charge in [-0.25, -0.2) is 4.79 Å². The van der Waals surface area contributed by atoms with Crippen LogP contribution in [0.25, 0.3) is 0 Å². The second kappa shape index (κ2) is 5.84. The van der Waals surface area contributed by atoms with Crippen molar-refractivity contribution in [1.29, 1.82) is 0 Å². The van der Waals surface area contributed by atoms with E-state index in [9.17, 15) is 9.59 Å². The summed E-state index contributed by atoms with van der Waals surface area (Å²) in [6.07, 6.45) is 2.36. The molecule has 1 aliphatic rings. The monoisotopic (exact) mass is 228 g/mol. The molecule has 1 N–H and O–H groups in total. The third-order valence-corrected chi connectivity index (χ3v) is 2.75. The average Bonchev–Trinajstić information content (AvgIpc) is 3.06. The quantitative estimate of drug-likeness (QED) is 0.657. The summed E-state index contributed by atoms with van der Waals surface area (Å²) >= 11 is 0. The molecule has 92 valence electrons. The van der Waals surface area contributed by atoms with E-state index >= 15 is 0 Å². The molecule has 1 unspecified atom stereocenters. The minimum atomic E-state index is -0.553. The molecule has 0 spiro atoms. The molecule has 1 saturated carbocycles. The lowest BCUT2D eigenvalue weighted by Crippen LogP contribution is -2.48. The SMILES string of the molecule is CCN(CC(NC(C)=O)C(=O)OC)C1CC1. The molecule has 16 heavy (non-hydrogen) atoms. The van der Waals surface area contributed by atoms with Gasteiger partial charge in [-0.05, 0) is 19.4 Å². The molecule has 0 heterocycles. The summed E-state index contributed by atoms with van der Waals surface area (Å²) in [5, 5.41) is 2.62. The fourth-order valence-corrected chi connectivity index (χ4v) is 1.78. The van der Waals surface area contributed by atoms with Crippen LogP contribution in [0.3, 0.4) is 0 Å². The molecule has 1 aliphatic carbocycles. The first-order valence-electron chi connectivity index (χ1n) is 5.67. The number of carbonyl (C=O) groups is 2. The van der Waals surface area contributed by atoms with Gasteiger partial charge in [-0.2, -0.15) is 0 Å². The molecule has 0 aromatic carbocycles. The molecule has 1 rings (SSSR count). The van der Waals surface area contributed by atoms with Crippen LogP contribution in [0.15, 0.2) is 0 Å². The van der Waals surface area contributed by atoms with Gasteiger partial charge in [0, 0.05) is 19.5 Å². The fraction of sp³-hybridized carbons (Fsp3) is 0.818. The molecule has 0 aliphatic heterocycles. The van der Waals surface area contributed by atoms with Crippen molar-refractivity contribution in [1.82, 2.24) is 10.2 Å². The third-order valence-electron chi connectivity index (χ3n) is 2.75. The highest BCUT2D eigenvalue weighted by atomic mass is 16.5. The number of ether oxygens (including phenoxy) is 1. The second-order valence-corrected chi connectivity index (χ2v) is 4.10. The molecular weight excluding hydrogens is 208 g/mol. The highest BCUT2D eigenvalue weighted by Crippen LogP contribution is 2.26. The van der Waals surface area contributed by atoms with E-state index < -0.39 is 6.04 Å². The number of likely N-dealkylation sites (N-methyl/N-ethyl adjacent to an activating group) is 1. The zero-order valence-corrected chi connectivity index (χ0v) is 10.2. The summed E-state index contributed by atoms with van der Waals surface area (Å²) < 4.78 is 4.68. The Bertz CT molecular complexity index is 264. The number of rotatable bonds is 6. The van der Waals surface area contributed by atoms with Crippen LogP contribution < -0.4 is 5.32 Å². The summed E-state index contributed by atoms with van der Waals surface area (Å²) in [5.74, 6) is -0.587. The lowest BCUT2D eigenvalue weighted by Gasteiger charge is -2.25. The minimum Gasteiger partial charge on any atom is -0.467 e. The Morgan fingerprint density at radius 1 is 1.50 bits per heavy atom. The van der Waals surface area contributed by atoms with Gasteiger partial charge in [0.2, 0.25) is 5.91 Å². The summed E-state index contributed by atoms with van der Waals surface area (Å²) in [4.78, 5) is 24.7. The first-order chi connectivity index (χ1) is 7.58. The maximum atomic E-state index is 11.5. The van der Waals surface area contributed by atoms with Crippen molar-refractivity contribution in [3.63, 3.8) is 0 Å². The molecule has 1 amide bonds. The van der Waals surface area contributed by atoms with E-state index in [-0.39, 0.29) is 11.9 Å². The van der Waals surface area contributed by atoms with E-state index in [2.05, 4.69) is 21.9 Å². The number of nitrogens with one attached hydrogen (secondary N) is 1. The number of carbonyl (C=O) groups excluding carboxylic acids is 2. The van der Waals surface area contributed by atoms with E-state index in [1.165, 1.54) is 26.9 Å². The van der Waals surface area contributed by atoms with Crippen molar-refractivity contribution >= 4 is 11.9 Å². The fourth-order valence-electron chi connectivity index (χ4n) is 1.78. The van der Waals surface area contributed by atoms with Crippen molar-refractivity contribution in [3.8, 4) is 0 Å². The van der Waals surface area contributed by atoms with E-state index in [1.54, 1.807) is 0 Å². The van der Waals surface area contributed by atoms with Gasteiger partial charge in [0.1, 0.15) is 6.04 Å². The van der Waals surface area contributed by atoms with Crippen LogP contribution in [0, 0.1) is 0 Å². The molecular formula is C11H20N2O3. The Kier molecular flexibility index (Phi) is 4.73. The van der Waals surface area contributed by atoms with E-state index in [0.717, 1.165) is 6.54 Å². The molecule has 0 bridgehead atoms. The van der Waals surface area contributed by atoms with Gasteiger partial charge in [-0.15, -0.1) is 0 Å². The summed E-state index contributed by atoms with van der Waals surface area (Å²) in [6.45, 7) is 4.88. The average molecular weight is 228 g/mol. The van der Waals surface area contributed by atoms with Crippen molar-refractivity contribution < 1.29 is 14.3 Å².